The van der Waals surface area contributed by atoms with Crippen LogP contribution in [-0.2, 0) is 31.6 Å². The fraction of sp³-hybridized carbons (Fsp3) is 0.154. The van der Waals surface area contributed by atoms with Crippen molar-refractivity contribution in [3.05, 3.63) is 185 Å². The van der Waals surface area contributed by atoms with Crippen LogP contribution in [0.5, 0.6) is 5.75 Å². The second kappa shape index (κ2) is 16.2. The minimum Gasteiger partial charge on any atom is -0.497 e. The first-order valence-electron chi connectivity index (χ1n) is 15.8. The molecule has 0 aliphatic carbocycles. The fourth-order valence-corrected chi connectivity index (χ4v) is 7.21. The first-order chi connectivity index (χ1) is 24.2. The van der Waals surface area contributed by atoms with Crippen molar-refractivity contribution in [1.29, 1.82) is 0 Å². The Morgan fingerprint density at radius 2 is 1.34 bits per heavy atom. The number of esters is 1. The van der Waals surface area contributed by atoms with Crippen LogP contribution in [0.2, 0.25) is 0 Å². The molecule has 0 amide bonds. The summed E-state index contributed by atoms with van der Waals surface area (Å²) >= 11 is 0. The highest BCUT2D eigenvalue weighted by molar-refractivity contribution is 7.89. The van der Waals surface area contributed by atoms with Gasteiger partial charge in [-0.15, -0.1) is 0 Å². The second-order valence-electron chi connectivity index (χ2n) is 11.4. The second-order valence-corrected chi connectivity index (χ2v) is 13.3. The summed E-state index contributed by atoms with van der Waals surface area (Å²) in [4.78, 5) is 24.7. The number of non-ortho nitro benzene ring substituents is 1. The van der Waals surface area contributed by atoms with Crippen molar-refractivity contribution >= 4 is 21.7 Å². The number of carbonyl (C=O) groups is 1. The maximum absolute atomic E-state index is 14.4. The van der Waals surface area contributed by atoms with Crippen LogP contribution in [0.4, 0.5) is 5.69 Å². The number of hydrogen-bond acceptors (Lipinski definition) is 8. The monoisotopic (exact) mass is 691 g/mol. The largest absolute Gasteiger partial charge is 0.497 e. The Morgan fingerprint density at radius 1 is 0.840 bits per heavy atom. The summed E-state index contributed by atoms with van der Waals surface area (Å²) in [5, 5.41) is 14.9. The zero-order valence-electron chi connectivity index (χ0n) is 27.4. The van der Waals surface area contributed by atoms with E-state index in [1.54, 1.807) is 24.3 Å². The van der Waals surface area contributed by atoms with Gasteiger partial charge in [0.15, 0.2) is 0 Å². The molecule has 0 fully saturated rings. The Bertz CT molecular complexity index is 1890. The standard InChI is InChI=1S/C39H37N3O7S/c1-3-27-49-38(43)37(40-39(31-13-7-4-8-14-31,32-15-9-5-10-16-32)33-17-11-6-12-18-33)29-41(28-30-19-23-35(48-2)24-20-30)50(46,47)36-25-21-34(22-26-36)42(44)45/h3-26,37,40H,1,27-29H2,2H3/t37-/m0/s1. The van der Waals surface area contributed by atoms with Crippen LogP contribution in [0.15, 0.2) is 157 Å². The quantitative estimate of drug-likeness (QED) is 0.0410. The Morgan fingerprint density at radius 3 is 1.78 bits per heavy atom. The SMILES string of the molecule is C=CCOC(=O)[C@H](CN(Cc1ccc(OC)cc1)S(=O)(=O)c1ccc([N+](=O)[O-])cc1)NC(c1ccccc1)(c1ccccc1)c1ccccc1. The smallest absolute Gasteiger partial charge is 0.324 e. The third kappa shape index (κ3) is 7.98. The van der Waals surface area contributed by atoms with Gasteiger partial charge in [-0.1, -0.05) is 116 Å². The number of ether oxygens (including phenoxy) is 2. The molecule has 0 aliphatic rings. The van der Waals surface area contributed by atoms with Gasteiger partial charge in [0.05, 0.1) is 22.5 Å². The predicted molar refractivity (Wildman–Crippen MR) is 191 cm³/mol. The third-order valence-corrected chi connectivity index (χ3v) is 10.1. The lowest BCUT2D eigenvalue weighted by Crippen LogP contribution is -2.57. The van der Waals surface area contributed by atoms with E-state index in [1.807, 2.05) is 91.0 Å². The molecule has 0 unspecified atom stereocenters. The molecule has 0 saturated heterocycles. The van der Waals surface area contributed by atoms with E-state index in [0.29, 0.717) is 11.3 Å². The minimum absolute atomic E-state index is 0.0976. The first kappa shape index (κ1) is 35.7. The van der Waals surface area contributed by atoms with Gasteiger partial charge in [0.25, 0.3) is 5.69 Å². The lowest BCUT2D eigenvalue weighted by atomic mass is 9.76. The number of nitro benzene ring substituents is 1. The molecule has 11 heteroatoms. The molecule has 1 atom stereocenters. The van der Waals surface area contributed by atoms with E-state index in [0.717, 1.165) is 28.8 Å². The minimum atomic E-state index is -4.34. The highest BCUT2D eigenvalue weighted by Gasteiger charge is 2.42. The van der Waals surface area contributed by atoms with Gasteiger partial charge in [-0.25, -0.2) is 8.42 Å². The van der Waals surface area contributed by atoms with E-state index in [2.05, 4.69) is 11.9 Å². The predicted octanol–water partition coefficient (Wildman–Crippen LogP) is 6.47. The maximum Gasteiger partial charge on any atom is 0.324 e. The van der Waals surface area contributed by atoms with E-state index in [9.17, 15) is 23.3 Å². The number of hydrogen-bond donors (Lipinski definition) is 1. The van der Waals surface area contributed by atoms with Crippen molar-refractivity contribution in [2.45, 2.75) is 23.0 Å². The van der Waals surface area contributed by atoms with Gasteiger partial charge in [0, 0.05) is 25.2 Å². The van der Waals surface area contributed by atoms with Crippen LogP contribution in [0.25, 0.3) is 0 Å². The molecule has 256 valence electrons. The average molecular weight is 692 g/mol. The molecule has 0 heterocycles. The lowest BCUT2D eigenvalue weighted by molar-refractivity contribution is -0.384. The molecule has 5 aromatic carbocycles. The van der Waals surface area contributed by atoms with E-state index >= 15 is 0 Å². The van der Waals surface area contributed by atoms with Crippen LogP contribution in [0.3, 0.4) is 0 Å². The first-order valence-corrected chi connectivity index (χ1v) is 17.2. The number of carbonyl (C=O) groups excluding carboxylic acids is 1. The van der Waals surface area contributed by atoms with Gasteiger partial charge in [0.1, 0.15) is 18.4 Å². The van der Waals surface area contributed by atoms with Crippen molar-refractivity contribution < 1.29 is 27.6 Å². The fourth-order valence-electron chi connectivity index (χ4n) is 5.77. The van der Waals surface area contributed by atoms with Gasteiger partial charge in [-0.3, -0.25) is 20.2 Å². The Kier molecular flexibility index (Phi) is 11.6. The molecule has 0 spiro atoms. The molecule has 50 heavy (non-hydrogen) atoms. The van der Waals surface area contributed by atoms with Crippen molar-refractivity contribution in [1.82, 2.24) is 9.62 Å². The van der Waals surface area contributed by atoms with E-state index < -0.39 is 32.5 Å². The van der Waals surface area contributed by atoms with E-state index in [-0.39, 0.29) is 30.3 Å². The van der Waals surface area contributed by atoms with Crippen LogP contribution < -0.4 is 10.1 Å². The van der Waals surface area contributed by atoms with Crippen molar-refractivity contribution in [3.8, 4) is 5.75 Å². The Balaban J connectivity index is 1.67. The molecule has 10 nitrogen and oxygen atoms in total. The van der Waals surface area contributed by atoms with Gasteiger partial charge in [-0.05, 0) is 46.5 Å². The average Bonchev–Trinajstić information content (AvgIpc) is 3.16. The Hall–Kier alpha value is -5.62. The van der Waals surface area contributed by atoms with Gasteiger partial charge < -0.3 is 9.47 Å². The molecule has 0 bridgehead atoms. The van der Waals surface area contributed by atoms with Gasteiger partial charge in [-0.2, -0.15) is 4.31 Å². The molecule has 0 radical (unpaired) electrons. The van der Waals surface area contributed by atoms with Crippen molar-refractivity contribution in [2.75, 3.05) is 20.3 Å². The van der Waals surface area contributed by atoms with E-state index in [4.69, 9.17) is 9.47 Å². The van der Waals surface area contributed by atoms with Gasteiger partial charge >= 0.3 is 5.97 Å². The molecule has 1 N–H and O–H groups in total. The summed E-state index contributed by atoms with van der Waals surface area (Å²) < 4.78 is 40.9. The normalized spacial score (nSPS) is 12.2. The number of nitrogens with zero attached hydrogens (tertiary/aromatic N) is 2. The molecule has 0 saturated carbocycles. The lowest BCUT2D eigenvalue weighted by Gasteiger charge is -2.40. The molecular weight excluding hydrogens is 655 g/mol. The number of methoxy groups -OCH3 is 1. The molecule has 5 aromatic rings. The number of rotatable bonds is 16. The number of sulfonamides is 1. The molecule has 0 aromatic heterocycles. The van der Waals surface area contributed by atoms with Crippen LogP contribution in [0, 0.1) is 10.1 Å². The topological polar surface area (TPSA) is 128 Å². The zero-order valence-corrected chi connectivity index (χ0v) is 28.2. The van der Waals surface area contributed by atoms with E-state index in [1.165, 1.54) is 29.6 Å². The van der Waals surface area contributed by atoms with Crippen molar-refractivity contribution in [2.24, 2.45) is 0 Å². The summed E-state index contributed by atoms with van der Waals surface area (Å²) in [7, 11) is -2.81. The molecule has 5 rings (SSSR count). The van der Waals surface area contributed by atoms with Crippen molar-refractivity contribution in [3.63, 3.8) is 0 Å². The summed E-state index contributed by atoms with van der Waals surface area (Å²) in [6.45, 7) is 3.08. The summed E-state index contributed by atoms with van der Waals surface area (Å²) in [6, 6.07) is 39.1. The molecule has 0 aliphatic heterocycles. The van der Waals surface area contributed by atoms with Crippen LogP contribution in [-0.4, -0.2) is 49.9 Å². The zero-order chi connectivity index (χ0) is 35.6. The number of nitrogens with one attached hydrogen (secondary N) is 1. The van der Waals surface area contributed by atoms with Crippen LogP contribution in [0.1, 0.15) is 22.3 Å². The summed E-state index contributed by atoms with van der Waals surface area (Å²) in [5.41, 5.74) is 1.63. The number of benzene rings is 5. The highest BCUT2D eigenvalue weighted by Crippen LogP contribution is 2.38. The summed E-state index contributed by atoms with van der Waals surface area (Å²) in [6.07, 6.45) is 1.44. The third-order valence-electron chi connectivity index (χ3n) is 8.23. The number of nitro groups is 1. The Labute approximate surface area is 291 Å². The van der Waals surface area contributed by atoms with Gasteiger partial charge in [0.2, 0.25) is 10.0 Å². The maximum atomic E-state index is 14.4. The molecular formula is C39H37N3O7S. The highest BCUT2D eigenvalue weighted by atomic mass is 32.2. The summed E-state index contributed by atoms with van der Waals surface area (Å²) in [5.74, 6) is -0.111. The van der Waals surface area contributed by atoms with Crippen LogP contribution >= 0.6 is 0 Å².